The second kappa shape index (κ2) is 5.50. The fourth-order valence-electron chi connectivity index (χ4n) is 1.55. The highest BCUT2D eigenvalue weighted by molar-refractivity contribution is 5.91. The Labute approximate surface area is 97.4 Å². The Balaban J connectivity index is 2.97. The summed E-state index contributed by atoms with van der Waals surface area (Å²) >= 11 is 0. The van der Waals surface area contributed by atoms with Crippen molar-refractivity contribution in [3.05, 3.63) is 41.5 Å². The summed E-state index contributed by atoms with van der Waals surface area (Å²) < 4.78 is 0. The summed E-state index contributed by atoms with van der Waals surface area (Å²) in [6.07, 6.45) is 1.31. The van der Waals surface area contributed by atoms with Gasteiger partial charge in [0.05, 0.1) is 0 Å². The predicted molar refractivity (Wildman–Crippen MR) is 68.6 cm³/mol. The summed E-state index contributed by atoms with van der Waals surface area (Å²) in [6, 6.07) is 6.06. The van der Waals surface area contributed by atoms with Gasteiger partial charge in [-0.05, 0) is 31.9 Å². The molecule has 1 amide bonds. The fourth-order valence-corrected chi connectivity index (χ4v) is 1.55. The van der Waals surface area contributed by atoms with Crippen molar-refractivity contribution in [3.63, 3.8) is 0 Å². The van der Waals surface area contributed by atoms with Crippen molar-refractivity contribution in [1.29, 1.82) is 0 Å². The van der Waals surface area contributed by atoms with Crippen LogP contribution in [0.4, 0.5) is 5.69 Å². The second-order valence-electron chi connectivity index (χ2n) is 4.20. The van der Waals surface area contributed by atoms with Gasteiger partial charge in [0.1, 0.15) is 0 Å². The molecule has 0 saturated carbocycles. The maximum Gasteiger partial charge on any atom is 0.224 e. The number of rotatable bonds is 4. The van der Waals surface area contributed by atoms with Crippen LogP contribution in [-0.2, 0) is 11.2 Å². The van der Waals surface area contributed by atoms with Crippen molar-refractivity contribution < 1.29 is 4.79 Å². The molecule has 0 heterocycles. The van der Waals surface area contributed by atoms with Crippen LogP contribution in [0, 0.1) is 6.92 Å². The molecule has 1 aromatic rings. The van der Waals surface area contributed by atoms with E-state index in [-0.39, 0.29) is 5.91 Å². The van der Waals surface area contributed by atoms with E-state index in [9.17, 15) is 4.79 Å². The van der Waals surface area contributed by atoms with Crippen LogP contribution in [0.3, 0.4) is 0 Å². The van der Waals surface area contributed by atoms with Crippen molar-refractivity contribution in [3.8, 4) is 0 Å². The number of aryl methyl sites for hydroxylation is 1. The van der Waals surface area contributed by atoms with E-state index in [0.29, 0.717) is 6.42 Å². The molecule has 0 spiro atoms. The van der Waals surface area contributed by atoms with E-state index in [1.165, 1.54) is 5.56 Å². The lowest BCUT2D eigenvalue weighted by Crippen LogP contribution is -2.11. The average Bonchev–Trinajstić information content (AvgIpc) is 2.21. The lowest BCUT2D eigenvalue weighted by Gasteiger charge is -2.11. The molecule has 0 bridgehead atoms. The highest BCUT2D eigenvalue weighted by atomic mass is 16.1. The maximum atomic E-state index is 11.4. The minimum absolute atomic E-state index is 0.0480. The molecular formula is C14H19NO. The van der Waals surface area contributed by atoms with Crippen LogP contribution in [0.2, 0.25) is 0 Å². The number of benzene rings is 1. The van der Waals surface area contributed by atoms with E-state index in [1.54, 1.807) is 0 Å². The first-order valence-corrected chi connectivity index (χ1v) is 5.56. The third-order valence-corrected chi connectivity index (χ3v) is 2.35. The molecule has 0 atom stereocenters. The van der Waals surface area contributed by atoms with E-state index in [1.807, 2.05) is 32.9 Å². The Kier molecular flexibility index (Phi) is 4.29. The summed E-state index contributed by atoms with van der Waals surface area (Å²) in [5.74, 6) is 0.0480. The monoisotopic (exact) mass is 217 g/mol. The molecule has 0 saturated heterocycles. The predicted octanol–water partition coefficient (Wildman–Crippen LogP) is 3.46. The molecule has 0 aliphatic rings. The zero-order valence-corrected chi connectivity index (χ0v) is 10.3. The Morgan fingerprint density at radius 3 is 2.69 bits per heavy atom. The van der Waals surface area contributed by atoms with Gasteiger partial charge in [0.2, 0.25) is 5.91 Å². The SMILES string of the molecule is C=C(C)Cc1cc(C)ccc1NC(=O)CC. The van der Waals surface area contributed by atoms with Crippen LogP contribution in [0.1, 0.15) is 31.4 Å². The first kappa shape index (κ1) is 12.5. The van der Waals surface area contributed by atoms with Crippen molar-refractivity contribution in [2.45, 2.75) is 33.6 Å². The van der Waals surface area contributed by atoms with Crippen molar-refractivity contribution in [2.24, 2.45) is 0 Å². The van der Waals surface area contributed by atoms with Crippen LogP contribution in [0.25, 0.3) is 0 Å². The smallest absolute Gasteiger partial charge is 0.224 e. The third-order valence-electron chi connectivity index (χ3n) is 2.35. The molecular weight excluding hydrogens is 198 g/mol. The lowest BCUT2D eigenvalue weighted by atomic mass is 10.0. The Hall–Kier alpha value is -1.57. The molecule has 0 radical (unpaired) electrons. The number of nitrogens with one attached hydrogen (secondary N) is 1. The number of anilines is 1. The summed E-state index contributed by atoms with van der Waals surface area (Å²) in [7, 11) is 0. The van der Waals surface area contributed by atoms with Gasteiger partial charge < -0.3 is 5.32 Å². The highest BCUT2D eigenvalue weighted by Crippen LogP contribution is 2.20. The summed E-state index contributed by atoms with van der Waals surface area (Å²) in [5.41, 5.74) is 4.33. The number of allylic oxidation sites excluding steroid dienone is 1. The van der Waals surface area contributed by atoms with Crippen molar-refractivity contribution in [1.82, 2.24) is 0 Å². The Bertz CT molecular complexity index is 407. The Morgan fingerprint density at radius 1 is 1.44 bits per heavy atom. The number of carbonyl (C=O) groups excluding carboxylic acids is 1. The highest BCUT2D eigenvalue weighted by Gasteiger charge is 2.05. The van der Waals surface area contributed by atoms with Crippen LogP contribution < -0.4 is 5.32 Å². The summed E-state index contributed by atoms with van der Waals surface area (Å²) in [6.45, 7) is 9.80. The van der Waals surface area contributed by atoms with Crippen LogP contribution in [0.5, 0.6) is 0 Å². The van der Waals surface area contributed by atoms with E-state index >= 15 is 0 Å². The quantitative estimate of drug-likeness (QED) is 0.769. The topological polar surface area (TPSA) is 29.1 Å². The molecule has 16 heavy (non-hydrogen) atoms. The fraction of sp³-hybridized carbons (Fsp3) is 0.357. The van der Waals surface area contributed by atoms with E-state index < -0.39 is 0 Å². The molecule has 0 aliphatic carbocycles. The molecule has 1 rings (SSSR count). The van der Waals surface area contributed by atoms with Crippen LogP contribution in [-0.4, -0.2) is 5.91 Å². The van der Waals surface area contributed by atoms with E-state index in [2.05, 4.69) is 18.0 Å². The van der Waals surface area contributed by atoms with Crippen LogP contribution >= 0.6 is 0 Å². The molecule has 1 aromatic carbocycles. The summed E-state index contributed by atoms with van der Waals surface area (Å²) in [5, 5.41) is 2.91. The van der Waals surface area contributed by atoms with Gasteiger partial charge in [0.15, 0.2) is 0 Å². The standard InChI is InChI=1S/C14H19NO/c1-5-14(16)15-13-7-6-11(4)9-12(13)8-10(2)3/h6-7,9H,2,5,8H2,1,3-4H3,(H,15,16). The van der Waals surface area contributed by atoms with Crippen molar-refractivity contribution in [2.75, 3.05) is 5.32 Å². The van der Waals surface area contributed by atoms with Gasteiger partial charge in [-0.2, -0.15) is 0 Å². The van der Waals surface area contributed by atoms with Gasteiger partial charge in [-0.25, -0.2) is 0 Å². The van der Waals surface area contributed by atoms with Gasteiger partial charge in [0, 0.05) is 12.1 Å². The molecule has 2 nitrogen and oxygen atoms in total. The molecule has 86 valence electrons. The largest absolute Gasteiger partial charge is 0.326 e. The number of carbonyl (C=O) groups is 1. The maximum absolute atomic E-state index is 11.4. The van der Waals surface area contributed by atoms with Gasteiger partial charge in [-0.3, -0.25) is 4.79 Å². The normalized spacial score (nSPS) is 9.94. The average molecular weight is 217 g/mol. The minimum atomic E-state index is 0.0480. The second-order valence-corrected chi connectivity index (χ2v) is 4.20. The molecule has 1 N–H and O–H groups in total. The van der Waals surface area contributed by atoms with Gasteiger partial charge in [-0.1, -0.05) is 36.8 Å². The number of amides is 1. The van der Waals surface area contributed by atoms with Gasteiger partial charge in [0.25, 0.3) is 0 Å². The molecule has 0 aliphatic heterocycles. The first-order valence-electron chi connectivity index (χ1n) is 5.56. The number of hydrogen-bond donors (Lipinski definition) is 1. The minimum Gasteiger partial charge on any atom is -0.326 e. The first-order chi connectivity index (χ1) is 7.52. The molecule has 0 unspecified atom stereocenters. The van der Waals surface area contributed by atoms with Gasteiger partial charge >= 0.3 is 0 Å². The van der Waals surface area contributed by atoms with E-state index in [0.717, 1.165) is 23.2 Å². The third kappa shape index (κ3) is 3.54. The molecule has 2 heteroatoms. The van der Waals surface area contributed by atoms with Crippen LogP contribution in [0.15, 0.2) is 30.4 Å². The van der Waals surface area contributed by atoms with Gasteiger partial charge in [-0.15, -0.1) is 0 Å². The number of hydrogen-bond acceptors (Lipinski definition) is 1. The zero-order chi connectivity index (χ0) is 12.1. The molecule has 0 fully saturated rings. The molecule has 0 aromatic heterocycles. The zero-order valence-electron chi connectivity index (χ0n) is 10.3. The van der Waals surface area contributed by atoms with E-state index in [4.69, 9.17) is 0 Å². The van der Waals surface area contributed by atoms with Crippen molar-refractivity contribution >= 4 is 11.6 Å². The lowest BCUT2D eigenvalue weighted by molar-refractivity contribution is -0.115. The Morgan fingerprint density at radius 2 is 2.12 bits per heavy atom. The summed E-state index contributed by atoms with van der Waals surface area (Å²) in [4.78, 5) is 11.4.